The molecule has 1 amide bonds. The number of methoxy groups -OCH3 is 1. The molecule has 0 aromatic heterocycles. The molecule has 0 unspecified atom stereocenters. The van der Waals surface area contributed by atoms with Crippen molar-refractivity contribution in [1.29, 1.82) is 0 Å². The molecule has 0 saturated carbocycles. The number of ether oxygens (including phenoxy) is 1. The fraction of sp³-hybridized carbons (Fsp3) is 0.250. The summed E-state index contributed by atoms with van der Waals surface area (Å²) >= 11 is 0. The lowest BCUT2D eigenvalue weighted by Gasteiger charge is -2.21. The van der Waals surface area contributed by atoms with Crippen molar-refractivity contribution < 1.29 is 19.4 Å². The number of carboxylic acids is 1. The highest BCUT2D eigenvalue weighted by atomic mass is 16.5. The first-order valence-electron chi connectivity index (χ1n) is 6.55. The zero-order valence-electron chi connectivity index (χ0n) is 11.9. The quantitative estimate of drug-likeness (QED) is 0.894. The first-order valence-corrected chi connectivity index (χ1v) is 6.55. The molecule has 0 aliphatic heterocycles. The molecule has 1 atom stereocenters. The number of aliphatic carboxylic acids is 1. The standard InChI is InChI=1S/C16H17NO4/c1-10(18)17-14(9-16(19)20)12-7-8-15(21-2)13-6-4-3-5-11(12)13/h3-8,14H,9H2,1-2H3,(H,17,18)(H,19,20)/p-1/t14-/m1/s1. The molecule has 0 saturated heterocycles. The Bertz CT molecular complexity index is 665. The van der Waals surface area contributed by atoms with Crippen LogP contribution in [0.15, 0.2) is 36.4 Å². The zero-order valence-corrected chi connectivity index (χ0v) is 11.9. The summed E-state index contributed by atoms with van der Waals surface area (Å²) in [4.78, 5) is 22.3. The molecule has 1 N–H and O–H groups in total. The molecule has 0 fully saturated rings. The number of rotatable bonds is 5. The molecule has 2 aromatic carbocycles. The van der Waals surface area contributed by atoms with Gasteiger partial charge in [0.2, 0.25) is 5.91 Å². The Balaban J connectivity index is 2.57. The molecule has 0 bridgehead atoms. The van der Waals surface area contributed by atoms with E-state index < -0.39 is 12.0 Å². The van der Waals surface area contributed by atoms with E-state index in [0.717, 1.165) is 16.3 Å². The number of carboxylic acid groups (broad SMARTS) is 1. The number of hydrogen-bond donors (Lipinski definition) is 1. The lowest BCUT2D eigenvalue weighted by atomic mass is 9.96. The fourth-order valence-corrected chi connectivity index (χ4v) is 2.43. The normalized spacial score (nSPS) is 11.9. The van der Waals surface area contributed by atoms with Crippen molar-refractivity contribution in [2.24, 2.45) is 0 Å². The second-order valence-corrected chi connectivity index (χ2v) is 4.73. The Labute approximate surface area is 122 Å². The smallest absolute Gasteiger partial charge is 0.217 e. The van der Waals surface area contributed by atoms with Crippen LogP contribution in [0.2, 0.25) is 0 Å². The minimum Gasteiger partial charge on any atom is -0.550 e. The SMILES string of the molecule is COc1ccc([C@@H](CC(=O)[O-])NC(C)=O)c2ccccc12. The van der Waals surface area contributed by atoms with E-state index in [1.165, 1.54) is 6.92 Å². The molecular formula is C16H16NO4-. The molecule has 0 aliphatic rings. The summed E-state index contributed by atoms with van der Waals surface area (Å²) in [5, 5.41) is 15.3. The van der Waals surface area contributed by atoms with E-state index in [1.54, 1.807) is 19.2 Å². The van der Waals surface area contributed by atoms with Crippen molar-refractivity contribution in [3.63, 3.8) is 0 Å². The zero-order chi connectivity index (χ0) is 15.4. The third-order valence-electron chi connectivity index (χ3n) is 3.26. The first kappa shape index (κ1) is 14.8. The number of benzene rings is 2. The van der Waals surface area contributed by atoms with Crippen LogP contribution < -0.4 is 15.2 Å². The number of carbonyl (C=O) groups excluding carboxylic acids is 2. The monoisotopic (exact) mass is 286 g/mol. The largest absolute Gasteiger partial charge is 0.550 e. The van der Waals surface area contributed by atoms with Crippen molar-refractivity contribution in [3.05, 3.63) is 42.0 Å². The van der Waals surface area contributed by atoms with E-state index in [4.69, 9.17) is 4.74 Å². The topological polar surface area (TPSA) is 78.5 Å². The molecule has 21 heavy (non-hydrogen) atoms. The van der Waals surface area contributed by atoms with Gasteiger partial charge >= 0.3 is 0 Å². The third-order valence-corrected chi connectivity index (χ3v) is 3.26. The van der Waals surface area contributed by atoms with Crippen molar-refractivity contribution in [1.82, 2.24) is 5.32 Å². The minimum atomic E-state index is -1.21. The summed E-state index contributed by atoms with van der Waals surface area (Å²) in [5.41, 5.74) is 0.728. The Morgan fingerprint density at radius 1 is 1.19 bits per heavy atom. The Morgan fingerprint density at radius 3 is 2.43 bits per heavy atom. The summed E-state index contributed by atoms with van der Waals surface area (Å²) in [5.74, 6) is -0.806. The molecule has 0 spiro atoms. The molecule has 2 aromatic rings. The van der Waals surface area contributed by atoms with Crippen LogP contribution in [-0.4, -0.2) is 19.0 Å². The van der Waals surface area contributed by atoms with Crippen LogP contribution in [0.1, 0.15) is 24.9 Å². The molecular weight excluding hydrogens is 270 g/mol. The van der Waals surface area contributed by atoms with Gasteiger partial charge in [0.05, 0.1) is 13.2 Å². The van der Waals surface area contributed by atoms with E-state index in [2.05, 4.69) is 5.32 Å². The summed E-state index contributed by atoms with van der Waals surface area (Å²) in [6.07, 6.45) is -0.282. The summed E-state index contributed by atoms with van der Waals surface area (Å²) in [6.45, 7) is 1.36. The van der Waals surface area contributed by atoms with Gasteiger partial charge in [-0.1, -0.05) is 30.3 Å². The first-order chi connectivity index (χ1) is 10.0. The Kier molecular flexibility index (Phi) is 4.42. The van der Waals surface area contributed by atoms with Gasteiger partial charge in [-0.25, -0.2) is 0 Å². The number of amides is 1. The third kappa shape index (κ3) is 3.31. The van der Waals surface area contributed by atoms with Crippen LogP contribution in [0, 0.1) is 0 Å². The lowest BCUT2D eigenvalue weighted by molar-refractivity contribution is -0.306. The highest BCUT2D eigenvalue weighted by molar-refractivity contribution is 5.92. The number of nitrogens with one attached hydrogen (secondary N) is 1. The lowest BCUT2D eigenvalue weighted by Crippen LogP contribution is -2.33. The van der Waals surface area contributed by atoms with Gasteiger partial charge in [-0.15, -0.1) is 0 Å². The number of hydrogen-bond acceptors (Lipinski definition) is 4. The van der Waals surface area contributed by atoms with Crippen LogP contribution in [0.5, 0.6) is 5.75 Å². The summed E-state index contributed by atoms with van der Waals surface area (Å²) < 4.78 is 5.31. The van der Waals surface area contributed by atoms with Crippen LogP contribution in [0.4, 0.5) is 0 Å². The van der Waals surface area contributed by atoms with Crippen molar-refractivity contribution in [3.8, 4) is 5.75 Å². The van der Waals surface area contributed by atoms with Gasteiger partial charge < -0.3 is 20.0 Å². The summed E-state index contributed by atoms with van der Waals surface area (Å²) in [7, 11) is 1.58. The van der Waals surface area contributed by atoms with Gasteiger partial charge in [0.15, 0.2) is 0 Å². The van der Waals surface area contributed by atoms with Gasteiger partial charge in [-0.2, -0.15) is 0 Å². The van der Waals surface area contributed by atoms with Crippen LogP contribution in [-0.2, 0) is 9.59 Å². The molecule has 5 nitrogen and oxygen atoms in total. The predicted octanol–water partition coefficient (Wildman–Crippen LogP) is 1.17. The van der Waals surface area contributed by atoms with Gasteiger partial charge in [0.25, 0.3) is 0 Å². The fourth-order valence-electron chi connectivity index (χ4n) is 2.43. The van der Waals surface area contributed by atoms with Gasteiger partial charge in [0, 0.05) is 24.7 Å². The van der Waals surface area contributed by atoms with Crippen molar-refractivity contribution >= 4 is 22.6 Å². The average molecular weight is 286 g/mol. The van der Waals surface area contributed by atoms with E-state index >= 15 is 0 Å². The maximum absolute atomic E-state index is 11.3. The van der Waals surface area contributed by atoms with Gasteiger partial charge in [0.1, 0.15) is 5.75 Å². The van der Waals surface area contributed by atoms with Crippen LogP contribution in [0.25, 0.3) is 10.8 Å². The minimum absolute atomic E-state index is 0.282. The van der Waals surface area contributed by atoms with Crippen molar-refractivity contribution in [2.45, 2.75) is 19.4 Å². The number of fused-ring (bicyclic) bond motifs is 1. The second-order valence-electron chi connectivity index (χ2n) is 4.73. The van der Waals surface area contributed by atoms with Crippen LogP contribution >= 0.6 is 0 Å². The summed E-state index contributed by atoms with van der Waals surface area (Å²) in [6, 6.07) is 10.4. The molecule has 0 aliphatic carbocycles. The molecule has 110 valence electrons. The van der Waals surface area contributed by atoms with E-state index in [9.17, 15) is 14.7 Å². The highest BCUT2D eigenvalue weighted by Gasteiger charge is 2.17. The highest BCUT2D eigenvalue weighted by Crippen LogP contribution is 2.32. The van der Waals surface area contributed by atoms with Gasteiger partial charge in [-0.3, -0.25) is 4.79 Å². The van der Waals surface area contributed by atoms with E-state index in [-0.39, 0.29) is 12.3 Å². The van der Waals surface area contributed by atoms with Crippen LogP contribution in [0.3, 0.4) is 0 Å². The molecule has 0 radical (unpaired) electrons. The maximum atomic E-state index is 11.3. The maximum Gasteiger partial charge on any atom is 0.217 e. The van der Waals surface area contributed by atoms with E-state index in [1.807, 2.05) is 24.3 Å². The molecule has 5 heteroatoms. The number of carbonyl (C=O) groups is 2. The molecule has 2 rings (SSSR count). The Hall–Kier alpha value is -2.56. The Morgan fingerprint density at radius 2 is 1.86 bits per heavy atom. The van der Waals surface area contributed by atoms with Gasteiger partial charge in [-0.05, 0) is 17.0 Å². The van der Waals surface area contributed by atoms with E-state index in [0.29, 0.717) is 5.75 Å². The van der Waals surface area contributed by atoms with Crippen molar-refractivity contribution in [2.75, 3.05) is 7.11 Å². The average Bonchev–Trinajstić information content (AvgIpc) is 2.44. The second kappa shape index (κ2) is 6.26. The molecule has 0 heterocycles. The predicted molar refractivity (Wildman–Crippen MR) is 76.7 cm³/mol.